The van der Waals surface area contributed by atoms with Gasteiger partial charge in [0.2, 0.25) is 0 Å². The number of phenols is 1. The molecule has 3 saturated heterocycles. The predicted molar refractivity (Wildman–Crippen MR) is 90.8 cm³/mol. The molecule has 5 nitrogen and oxygen atoms in total. The topological polar surface area (TPSA) is 65.7 Å². The number of phenolic OH excluding ortho intramolecular Hbond substituents is 1. The molecule has 3 fully saturated rings. The lowest BCUT2D eigenvalue weighted by Crippen LogP contribution is -2.60. The van der Waals surface area contributed by atoms with Crippen LogP contribution in [0.15, 0.2) is 40.8 Å². The van der Waals surface area contributed by atoms with E-state index in [0.29, 0.717) is 23.5 Å². The highest BCUT2D eigenvalue weighted by atomic mass is 16.4. The molecule has 1 aromatic heterocycles. The molecule has 0 saturated carbocycles. The Bertz CT molecular complexity index is 755. The van der Waals surface area contributed by atoms with Crippen molar-refractivity contribution < 1.29 is 14.3 Å². The number of nitrogens with zero attached hydrogens (tertiary/aromatic N) is 1. The first-order valence-corrected chi connectivity index (χ1v) is 8.54. The molecule has 0 spiro atoms. The summed E-state index contributed by atoms with van der Waals surface area (Å²) in [6, 6.07) is 11.1. The van der Waals surface area contributed by atoms with Gasteiger partial charge in [0.05, 0.1) is 0 Å². The van der Waals surface area contributed by atoms with Crippen LogP contribution in [0, 0.1) is 5.92 Å². The summed E-state index contributed by atoms with van der Waals surface area (Å²) in [6.07, 6.45) is 2.31. The first-order chi connectivity index (χ1) is 11.6. The molecule has 3 aliphatic heterocycles. The number of hydrogen-bond donors (Lipinski definition) is 2. The maximum absolute atomic E-state index is 12.5. The number of rotatable bonds is 3. The van der Waals surface area contributed by atoms with Gasteiger partial charge in [0.15, 0.2) is 5.76 Å². The van der Waals surface area contributed by atoms with Gasteiger partial charge >= 0.3 is 0 Å². The number of benzene rings is 1. The summed E-state index contributed by atoms with van der Waals surface area (Å²) in [6.45, 7) is 4.33. The number of nitrogens with one attached hydrogen (secondary N) is 1. The minimum atomic E-state index is -0.159. The van der Waals surface area contributed by atoms with Crippen molar-refractivity contribution in [2.75, 3.05) is 13.1 Å². The fourth-order valence-corrected chi connectivity index (χ4v) is 3.97. The Balaban J connectivity index is 1.46. The first kappa shape index (κ1) is 15.3. The summed E-state index contributed by atoms with van der Waals surface area (Å²) in [4.78, 5) is 15.0. The summed E-state index contributed by atoms with van der Waals surface area (Å²) in [5.74, 6) is 1.48. The van der Waals surface area contributed by atoms with Gasteiger partial charge in [0, 0.05) is 24.2 Å². The van der Waals surface area contributed by atoms with Crippen LogP contribution in [0.1, 0.15) is 30.3 Å². The maximum Gasteiger partial charge on any atom is 0.287 e. The first-order valence-electron chi connectivity index (χ1n) is 8.54. The van der Waals surface area contributed by atoms with Crippen LogP contribution in [-0.4, -0.2) is 41.1 Å². The second-order valence-electron chi connectivity index (χ2n) is 6.92. The molecule has 3 unspecified atom stereocenters. The van der Waals surface area contributed by atoms with Crippen LogP contribution < -0.4 is 5.32 Å². The molecule has 0 aliphatic carbocycles. The van der Waals surface area contributed by atoms with Crippen molar-refractivity contribution in [3.05, 3.63) is 42.2 Å². The minimum Gasteiger partial charge on any atom is -0.508 e. The predicted octanol–water partition coefficient (Wildman–Crippen LogP) is 2.86. The van der Waals surface area contributed by atoms with Gasteiger partial charge in [-0.05, 0) is 56.5 Å². The Labute approximate surface area is 141 Å². The third kappa shape index (κ3) is 2.80. The monoisotopic (exact) mass is 326 g/mol. The molecule has 4 atom stereocenters. The van der Waals surface area contributed by atoms with Crippen LogP contribution >= 0.6 is 0 Å². The normalized spacial score (nSPS) is 28.7. The van der Waals surface area contributed by atoms with Gasteiger partial charge in [-0.2, -0.15) is 0 Å². The highest BCUT2D eigenvalue weighted by Gasteiger charge is 2.39. The summed E-state index contributed by atoms with van der Waals surface area (Å²) < 4.78 is 5.69. The minimum absolute atomic E-state index is 0.159. The van der Waals surface area contributed by atoms with Crippen LogP contribution in [-0.2, 0) is 0 Å². The van der Waals surface area contributed by atoms with Gasteiger partial charge in [0.1, 0.15) is 11.5 Å². The van der Waals surface area contributed by atoms with Crippen LogP contribution in [0.2, 0.25) is 0 Å². The molecule has 1 aromatic carbocycles. The molecule has 126 valence electrons. The van der Waals surface area contributed by atoms with E-state index in [9.17, 15) is 9.90 Å². The van der Waals surface area contributed by atoms with Gasteiger partial charge in [-0.3, -0.25) is 9.69 Å². The molecule has 4 heterocycles. The largest absolute Gasteiger partial charge is 0.508 e. The van der Waals surface area contributed by atoms with E-state index < -0.39 is 0 Å². The fraction of sp³-hybridized carbons (Fsp3) is 0.421. The zero-order valence-corrected chi connectivity index (χ0v) is 13.7. The molecule has 5 heteroatoms. The van der Waals surface area contributed by atoms with E-state index in [1.54, 1.807) is 30.3 Å². The van der Waals surface area contributed by atoms with E-state index in [2.05, 4.69) is 17.1 Å². The highest BCUT2D eigenvalue weighted by molar-refractivity contribution is 5.92. The molecule has 2 bridgehead atoms. The second kappa shape index (κ2) is 5.98. The van der Waals surface area contributed by atoms with Crippen molar-refractivity contribution in [2.45, 2.75) is 31.8 Å². The maximum atomic E-state index is 12.5. The molecular weight excluding hydrogens is 304 g/mol. The summed E-state index contributed by atoms with van der Waals surface area (Å²) in [7, 11) is 0. The van der Waals surface area contributed by atoms with E-state index in [4.69, 9.17) is 4.42 Å². The van der Waals surface area contributed by atoms with E-state index in [1.807, 2.05) is 6.07 Å². The standard InChI is InChI=1S/C19H22N2O3/c1-12-9-13-7-8-21(12)11-16(13)20-19(23)18-6-5-17(24-18)14-3-2-4-15(22)10-14/h2-6,10,12-13,16,22H,7-9,11H2,1H3,(H,20,23)/t12?,13?,16-/m0/s1. The third-order valence-corrected chi connectivity index (χ3v) is 5.33. The zero-order chi connectivity index (χ0) is 16.7. The van der Waals surface area contributed by atoms with Crippen LogP contribution in [0.25, 0.3) is 11.3 Å². The van der Waals surface area contributed by atoms with Crippen molar-refractivity contribution in [1.29, 1.82) is 0 Å². The molecule has 3 aliphatic rings. The molecular formula is C19H22N2O3. The highest BCUT2D eigenvalue weighted by Crippen LogP contribution is 2.32. The number of furan rings is 1. The van der Waals surface area contributed by atoms with E-state index in [0.717, 1.165) is 31.5 Å². The average Bonchev–Trinajstić information content (AvgIpc) is 3.06. The lowest BCUT2D eigenvalue weighted by Gasteiger charge is -2.48. The number of fused-ring (bicyclic) bond motifs is 3. The fourth-order valence-electron chi connectivity index (χ4n) is 3.97. The average molecular weight is 326 g/mol. The van der Waals surface area contributed by atoms with Gasteiger partial charge in [0.25, 0.3) is 5.91 Å². The molecule has 2 aromatic rings. The van der Waals surface area contributed by atoms with Gasteiger partial charge in [-0.1, -0.05) is 12.1 Å². The van der Waals surface area contributed by atoms with Crippen molar-refractivity contribution in [3.63, 3.8) is 0 Å². The molecule has 2 N–H and O–H groups in total. The van der Waals surface area contributed by atoms with Crippen LogP contribution in [0.3, 0.4) is 0 Å². The number of carbonyl (C=O) groups is 1. The van der Waals surface area contributed by atoms with Gasteiger partial charge in [-0.15, -0.1) is 0 Å². The lowest BCUT2D eigenvalue weighted by molar-refractivity contribution is 0.0269. The smallest absolute Gasteiger partial charge is 0.287 e. The van der Waals surface area contributed by atoms with Crippen molar-refractivity contribution in [2.24, 2.45) is 5.92 Å². The number of piperidine rings is 3. The van der Waals surface area contributed by atoms with Gasteiger partial charge < -0.3 is 14.8 Å². The summed E-state index contributed by atoms with van der Waals surface area (Å²) in [5, 5.41) is 12.7. The SMILES string of the molecule is CC1CC2CCN1C[C@@H]2NC(=O)c1ccc(-c2cccc(O)c2)o1. The van der Waals surface area contributed by atoms with Crippen LogP contribution in [0.4, 0.5) is 0 Å². The van der Waals surface area contributed by atoms with Crippen molar-refractivity contribution in [3.8, 4) is 17.1 Å². The van der Waals surface area contributed by atoms with Gasteiger partial charge in [-0.25, -0.2) is 0 Å². The molecule has 0 radical (unpaired) electrons. The molecule has 24 heavy (non-hydrogen) atoms. The Morgan fingerprint density at radius 2 is 2.21 bits per heavy atom. The number of carbonyl (C=O) groups excluding carboxylic acids is 1. The summed E-state index contributed by atoms with van der Waals surface area (Å²) in [5.41, 5.74) is 0.755. The Hall–Kier alpha value is -2.27. The summed E-state index contributed by atoms with van der Waals surface area (Å²) >= 11 is 0. The van der Waals surface area contributed by atoms with E-state index in [-0.39, 0.29) is 17.7 Å². The Kier molecular flexibility index (Phi) is 3.81. The van der Waals surface area contributed by atoms with Crippen molar-refractivity contribution in [1.82, 2.24) is 10.2 Å². The van der Waals surface area contributed by atoms with E-state index >= 15 is 0 Å². The third-order valence-electron chi connectivity index (χ3n) is 5.33. The number of amides is 1. The lowest BCUT2D eigenvalue weighted by atomic mass is 9.80. The molecule has 5 rings (SSSR count). The van der Waals surface area contributed by atoms with E-state index in [1.165, 1.54) is 0 Å². The quantitative estimate of drug-likeness (QED) is 0.910. The number of hydrogen-bond acceptors (Lipinski definition) is 4. The van der Waals surface area contributed by atoms with Crippen molar-refractivity contribution >= 4 is 5.91 Å². The molecule has 1 amide bonds. The Morgan fingerprint density at radius 1 is 1.33 bits per heavy atom. The zero-order valence-electron chi connectivity index (χ0n) is 13.7. The Morgan fingerprint density at radius 3 is 2.92 bits per heavy atom. The van der Waals surface area contributed by atoms with Crippen LogP contribution in [0.5, 0.6) is 5.75 Å². The number of aromatic hydroxyl groups is 1. The second-order valence-corrected chi connectivity index (χ2v) is 6.92.